The number of carboxylic acids is 2. The Morgan fingerprint density at radius 1 is 1.03 bits per heavy atom. The molecule has 4 rings (SSSR count). The van der Waals surface area contributed by atoms with Crippen LogP contribution in [0.5, 0.6) is 0 Å². The first-order valence-electron chi connectivity index (χ1n) is 10.1. The van der Waals surface area contributed by atoms with E-state index in [-0.39, 0.29) is 25.0 Å². The lowest BCUT2D eigenvalue weighted by Crippen LogP contribution is -2.41. The van der Waals surface area contributed by atoms with Crippen LogP contribution in [0.4, 0.5) is 16.2 Å². The number of carbonyl (C=O) groups is 5. The molecule has 2 fully saturated rings. The van der Waals surface area contributed by atoms with Gasteiger partial charge in [0.2, 0.25) is 0 Å². The van der Waals surface area contributed by atoms with Crippen LogP contribution in [0.15, 0.2) is 36.4 Å². The third-order valence-electron chi connectivity index (χ3n) is 4.80. The zero-order chi connectivity index (χ0) is 25.5. The second-order valence-corrected chi connectivity index (χ2v) is 8.87. The van der Waals surface area contributed by atoms with Gasteiger partial charge >= 0.3 is 18.0 Å². The maximum absolute atomic E-state index is 12.2. The van der Waals surface area contributed by atoms with E-state index in [0.29, 0.717) is 34.6 Å². The molecule has 1 aromatic carbocycles. The molecule has 3 amide bonds. The van der Waals surface area contributed by atoms with E-state index >= 15 is 0 Å². The Balaban J connectivity index is 0.000000509. The van der Waals surface area contributed by atoms with Crippen molar-refractivity contribution in [3.63, 3.8) is 0 Å². The molecular weight excluding hydrogens is 506 g/mol. The molecular formula is C21H20ClN3O9S. The van der Waals surface area contributed by atoms with Crippen LogP contribution in [0.1, 0.15) is 9.67 Å². The summed E-state index contributed by atoms with van der Waals surface area (Å²) < 4.78 is 11.0. The molecule has 35 heavy (non-hydrogen) atoms. The number of carbonyl (C=O) groups excluding carboxylic acids is 3. The monoisotopic (exact) mass is 525 g/mol. The van der Waals surface area contributed by atoms with Gasteiger partial charge in [-0.1, -0.05) is 11.6 Å². The third kappa shape index (κ3) is 6.91. The second kappa shape index (κ2) is 11.6. The molecule has 0 radical (unpaired) electrons. The minimum Gasteiger partial charge on any atom is -0.473 e. The second-order valence-electron chi connectivity index (χ2n) is 7.15. The summed E-state index contributed by atoms with van der Waals surface area (Å²) in [6.07, 6.45) is -0.930. The van der Waals surface area contributed by atoms with E-state index in [9.17, 15) is 14.4 Å². The number of morpholine rings is 1. The maximum atomic E-state index is 12.2. The van der Waals surface area contributed by atoms with E-state index in [0.717, 1.165) is 5.69 Å². The fourth-order valence-electron chi connectivity index (χ4n) is 3.17. The maximum Gasteiger partial charge on any atom is 0.414 e. The van der Waals surface area contributed by atoms with Crippen LogP contribution in [0.3, 0.4) is 0 Å². The highest BCUT2D eigenvalue weighted by molar-refractivity contribution is 7.18. The zero-order valence-corrected chi connectivity index (χ0v) is 19.6. The van der Waals surface area contributed by atoms with Gasteiger partial charge in [-0.3, -0.25) is 14.5 Å². The fraction of sp³-hybridized carbons (Fsp3) is 0.286. The number of hydrogen-bond donors (Lipinski definition) is 3. The lowest BCUT2D eigenvalue weighted by atomic mass is 10.2. The van der Waals surface area contributed by atoms with Crippen molar-refractivity contribution in [1.82, 2.24) is 5.32 Å². The van der Waals surface area contributed by atoms with Crippen molar-refractivity contribution in [3.05, 3.63) is 45.6 Å². The number of aliphatic carboxylic acids is 2. The number of anilines is 2. The topological polar surface area (TPSA) is 163 Å². The molecule has 3 heterocycles. The highest BCUT2D eigenvalue weighted by Crippen LogP contribution is 2.26. The van der Waals surface area contributed by atoms with E-state index in [1.165, 1.54) is 16.2 Å². The average Bonchev–Trinajstić information content (AvgIpc) is 3.43. The molecule has 2 aromatic rings. The van der Waals surface area contributed by atoms with Gasteiger partial charge in [-0.2, -0.15) is 0 Å². The highest BCUT2D eigenvalue weighted by atomic mass is 35.5. The first kappa shape index (κ1) is 25.9. The summed E-state index contributed by atoms with van der Waals surface area (Å²) in [7, 11) is 0. The lowest BCUT2D eigenvalue weighted by molar-refractivity contribution is -0.159. The first-order valence-corrected chi connectivity index (χ1v) is 11.3. The predicted octanol–water partition coefficient (Wildman–Crippen LogP) is 1.68. The first-order chi connectivity index (χ1) is 16.7. The molecule has 2 saturated heterocycles. The molecule has 14 heteroatoms. The Morgan fingerprint density at radius 3 is 2.20 bits per heavy atom. The largest absolute Gasteiger partial charge is 0.473 e. The third-order valence-corrected chi connectivity index (χ3v) is 6.03. The zero-order valence-electron chi connectivity index (χ0n) is 18.0. The molecule has 0 bridgehead atoms. The number of hydrogen-bond acceptors (Lipinski definition) is 8. The van der Waals surface area contributed by atoms with Gasteiger partial charge in [0.05, 0.1) is 28.9 Å². The van der Waals surface area contributed by atoms with Crippen LogP contribution in [0.2, 0.25) is 4.34 Å². The molecule has 0 aliphatic carbocycles. The fourth-order valence-corrected chi connectivity index (χ4v) is 4.13. The van der Waals surface area contributed by atoms with Crippen molar-refractivity contribution in [2.45, 2.75) is 6.10 Å². The Hall–Kier alpha value is -3.68. The van der Waals surface area contributed by atoms with Gasteiger partial charge in [0.25, 0.3) is 11.8 Å². The van der Waals surface area contributed by atoms with Gasteiger partial charge in [-0.15, -0.1) is 11.3 Å². The van der Waals surface area contributed by atoms with Crippen molar-refractivity contribution in [2.24, 2.45) is 0 Å². The number of halogens is 1. The van der Waals surface area contributed by atoms with E-state index in [2.05, 4.69) is 5.32 Å². The van der Waals surface area contributed by atoms with Gasteiger partial charge < -0.3 is 29.9 Å². The summed E-state index contributed by atoms with van der Waals surface area (Å²) in [6, 6.07) is 10.4. The number of cyclic esters (lactones) is 1. The number of nitrogens with zero attached hydrogens (tertiary/aromatic N) is 2. The molecule has 0 saturated carbocycles. The minimum atomic E-state index is -1.82. The SMILES string of the molecule is O=C(NC[C@H]1CN(c2ccc(N3CCOCC3=O)cc2)C(=O)O1)c1ccc(Cl)s1.O=C(O)C(=O)O. The molecule has 0 spiro atoms. The Kier molecular flexibility index (Phi) is 8.63. The summed E-state index contributed by atoms with van der Waals surface area (Å²) in [5.74, 6) is -3.99. The number of ether oxygens (including phenoxy) is 2. The molecule has 1 atom stereocenters. The van der Waals surface area contributed by atoms with Crippen LogP contribution in [-0.2, 0) is 23.9 Å². The van der Waals surface area contributed by atoms with Crippen LogP contribution in [0, 0.1) is 0 Å². The lowest BCUT2D eigenvalue weighted by Gasteiger charge is -2.27. The standard InChI is InChI=1S/C19H18ClN3O5S.C2H2O4/c20-16-6-5-15(29-16)18(25)21-9-14-10-23(19(26)28-14)13-3-1-12(2-4-13)22-7-8-27-11-17(22)24;3-1(4)2(5)6/h1-6,14H,7-11H2,(H,21,25);(H,3,4)(H,5,6)/t14-;/m0./s1. The smallest absolute Gasteiger partial charge is 0.414 e. The number of thiophene rings is 1. The Labute approximate surface area is 207 Å². The summed E-state index contributed by atoms with van der Waals surface area (Å²) in [5.41, 5.74) is 1.42. The predicted molar refractivity (Wildman–Crippen MR) is 124 cm³/mol. The number of amides is 3. The van der Waals surface area contributed by atoms with E-state index in [4.69, 9.17) is 40.9 Å². The summed E-state index contributed by atoms with van der Waals surface area (Å²) >= 11 is 7.03. The molecule has 12 nitrogen and oxygen atoms in total. The molecule has 2 aliphatic heterocycles. The Bertz CT molecular complexity index is 1110. The van der Waals surface area contributed by atoms with Gasteiger partial charge in [0.1, 0.15) is 12.7 Å². The summed E-state index contributed by atoms with van der Waals surface area (Å²) in [5, 5.41) is 17.5. The van der Waals surface area contributed by atoms with Crippen LogP contribution < -0.4 is 15.1 Å². The molecule has 2 aliphatic rings. The molecule has 1 aromatic heterocycles. The Morgan fingerprint density at radius 2 is 1.66 bits per heavy atom. The van der Waals surface area contributed by atoms with Gasteiger partial charge in [-0.05, 0) is 36.4 Å². The molecule has 186 valence electrons. The average molecular weight is 526 g/mol. The number of nitrogens with one attached hydrogen (secondary N) is 1. The van der Waals surface area contributed by atoms with Crippen molar-refractivity contribution in [1.29, 1.82) is 0 Å². The van der Waals surface area contributed by atoms with Crippen molar-refractivity contribution in [2.75, 3.05) is 42.6 Å². The summed E-state index contributed by atoms with van der Waals surface area (Å²) in [4.78, 5) is 58.1. The van der Waals surface area contributed by atoms with E-state index in [1.54, 1.807) is 41.3 Å². The van der Waals surface area contributed by atoms with Crippen LogP contribution in [0.25, 0.3) is 0 Å². The highest BCUT2D eigenvalue weighted by Gasteiger charge is 2.33. The van der Waals surface area contributed by atoms with Crippen molar-refractivity contribution in [3.8, 4) is 0 Å². The van der Waals surface area contributed by atoms with Crippen LogP contribution in [-0.4, -0.2) is 79.0 Å². The normalized spacial score (nSPS) is 17.3. The minimum absolute atomic E-state index is 0.0747. The summed E-state index contributed by atoms with van der Waals surface area (Å²) in [6.45, 7) is 1.60. The van der Waals surface area contributed by atoms with Gasteiger partial charge in [0.15, 0.2) is 0 Å². The molecule has 0 unspecified atom stereocenters. The number of rotatable bonds is 5. The van der Waals surface area contributed by atoms with Gasteiger partial charge in [-0.25, -0.2) is 14.4 Å². The van der Waals surface area contributed by atoms with E-state index in [1.807, 2.05) is 0 Å². The van der Waals surface area contributed by atoms with Gasteiger partial charge in [0, 0.05) is 17.9 Å². The van der Waals surface area contributed by atoms with Crippen LogP contribution >= 0.6 is 22.9 Å². The molecule has 3 N–H and O–H groups in total. The van der Waals surface area contributed by atoms with Crippen molar-refractivity contribution >= 4 is 64.2 Å². The number of carboxylic acid groups (broad SMARTS) is 2. The number of benzene rings is 1. The quantitative estimate of drug-likeness (QED) is 0.493. The van der Waals surface area contributed by atoms with E-state index < -0.39 is 24.1 Å². The van der Waals surface area contributed by atoms with Crippen molar-refractivity contribution < 1.29 is 43.7 Å².